The number of nitrogens with zero attached hydrogens (tertiary/aromatic N) is 1. The van der Waals surface area contributed by atoms with Crippen LogP contribution in [0.4, 0.5) is 13.2 Å². The van der Waals surface area contributed by atoms with Gasteiger partial charge in [0.05, 0.1) is 12.7 Å². The van der Waals surface area contributed by atoms with E-state index in [1.807, 2.05) is 0 Å². The zero-order chi connectivity index (χ0) is 12.3. The van der Waals surface area contributed by atoms with Gasteiger partial charge in [-0.1, -0.05) is 17.7 Å². The number of nitroso groups, excluding NO2 is 1. The van der Waals surface area contributed by atoms with Crippen molar-refractivity contribution in [2.24, 2.45) is 5.18 Å². The number of methoxy groups -OCH3 is 1. The van der Waals surface area contributed by atoms with Crippen molar-refractivity contribution >= 4 is 11.6 Å². The number of halogens is 4. The van der Waals surface area contributed by atoms with Gasteiger partial charge in [-0.3, -0.25) is 0 Å². The summed E-state index contributed by atoms with van der Waals surface area (Å²) in [5, 5.41) is 2.38. The number of alkyl halides is 4. The quantitative estimate of drug-likeness (QED) is 0.468. The van der Waals surface area contributed by atoms with Crippen molar-refractivity contribution in [1.29, 1.82) is 0 Å². The fourth-order valence-corrected chi connectivity index (χ4v) is 1.49. The smallest absolute Gasteiger partial charge is 0.416 e. The molecule has 0 aromatic heterocycles. The van der Waals surface area contributed by atoms with Gasteiger partial charge in [0, 0.05) is 5.56 Å². The molecule has 0 radical (unpaired) electrons. The third-order valence-corrected chi connectivity index (χ3v) is 2.22. The Labute approximate surface area is 94.1 Å². The molecule has 0 amide bonds. The van der Waals surface area contributed by atoms with Crippen molar-refractivity contribution in [2.45, 2.75) is 11.7 Å². The van der Waals surface area contributed by atoms with E-state index in [0.29, 0.717) is 0 Å². The van der Waals surface area contributed by atoms with Gasteiger partial charge in [-0.05, 0) is 17.3 Å². The highest BCUT2D eigenvalue weighted by Gasteiger charge is 2.37. The van der Waals surface area contributed by atoms with E-state index in [2.05, 4.69) is 5.18 Å². The first-order chi connectivity index (χ1) is 7.41. The van der Waals surface area contributed by atoms with Crippen LogP contribution < -0.4 is 4.74 Å². The molecular weight excluding hydrogens is 247 g/mol. The molecule has 0 spiro atoms. The molecule has 0 bridgehead atoms. The van der Waals surface area contributed by atoms with Crippen LogP contribution in [0.3, 0.4) is 0 Å². The summed E-state index contributed by atoms with van der Waals surface area (Å²) >= 11 is 5.43. The van der Waals surface area contributed by atoms with E-state index < -0.39 is 22.8 Å². The molecule has 0 saturated carbocycles. The predicted molar refractivity (Wildman–Crippen MR) is 52.4 cm³/mol. The fraction of sp³-hybridized carbons (Fsp3) is 0.333. The molecule has 1 aromatic rings. The minimum Gasteiger partial charge on any atom is -0.496 e. The predicted octanol–water partition coefficient (Wildman–Crippen LogP) is 3.72. The van der Waals surface area contributed by atoms with Crippen molar-refractivity contribution in [3.8, 4) is 5.75 Å². The van der Waals surface area contributed by atoms with Crippen molar-refractivity contribution in [2.75, 3.05) is 7.11 Å². The van der Waals surface area contributed by atoms with E-state index in [9.17, 15) is 18.1 Å². The van der Waals surface area contributed by atoms with Crippen LogP contribution in [0.2, 0.25) is 0 Å². The zero-order valence-corrected chi connectivity index (χ0v) is 8.84. The molecule has 0 saturated heterocycles. The highest BCUT2D eigenvalue weighted by molar-refractivity contribution is 6.21. The molecule has 1 atom stereocenters. The second-order valence-corrected chi connectivity index (χ2v) is 3.27. The molecule has 0 fully saturated rings. The Morgan fingerprint density at radius 2 is 2.06 bits per heavy atom. The Kier molecular flexibility index (Phi) is 3.74. The summed E-state index contributed by atoms with van der Waals surface area (Å²) < 4.78 is 42.5. The second-order valence-electron chi connectivity index (χ2n) is 2.86. The molecule has 1 aromatic carbocycles. The molecule has 1 rings (SSSR count). The topological polar surface area (TPSA) is 38.7 Å². The molecule has 0 heterocycles. The molecule has 0 aliphatic heterocycles. The summed E-state index contributed by atoms with van der Waals surface area (Å²) in [7, 11) is 1.19. The van der Waals surface area contributed by atoms with Crippen LogP contribution in [0.5, 0.6) is 5.75 Å². The van der Waals surface area contributed by atoms with Gasteiger partial charge < -0.3 is 4.74 Å². The first kappa shape index (κ1) is 12.8. The minimum absolute atomic E-state index is 0.116. The molecular formula is C9H7ClF3NO2. The number of benzene rings is 1. The van der Waals surface area contributed by atoms with Crippen LogP contribution in [-0.4, -0.2) is 7.11 Å². The fourth-order valence-electron chi connectivity index (χ4n) is 1.27. The lowest BCUT2D eigenvalue weighted by atomic mass is 10.1. The maximum absolute atomic E-state index is 12.6. The van der Waals surface area contributed by atoms with E-state index in [1.165, 1.54) is 19.2 Å². The Morgan fingerprint density at radius 1 is 1.44 bits per heavy atom. The lowest BCUT2D eigenvalue weighted by molar-refractivity contribution is -0.138. The van der Waals surface area contributed by atoms with Gasteiger partial charge in [0.15, 0.2) is 5.50 Å². The van der Waals surface area contributed by atoms with E-state index >= 15 is 0 Å². The Bertz CT molecular complexity index is 395. The Morgan fingerprint density at radius 3 is 2.50 bits per heavy atom. The Hall–Kier alpha value is -1.30. The standard InChI is InChI=1S/C9H7ClF3NO2/c1-16-6-4-2-3-5(9(11,12)13)7(6)8(10)14-15/h2-4,8H,1H3. The van der Waals surface area contributed by atoms with Gasteiger partial charge in [0.25, 0.3) is 0 Å². The number of hydrogen-bond acceptors (Lipinski definition) is 3. The van der Waals surface area contributed by atoms with Gasteiger partial charge >= 0.3 is 6.18 Å². The van der Waals surface area contributed by atoms with Crippen LogP contribution in [0.25, 0.3) is 0 Å². The molecule has 0 aliphatic carbocycles. The van der Waals surface area contributed by atoms with Gasteiger partial charge in [0.2, 0.25) is 0 Å². The molecule has 0 aliphatic rings. The monoisotopic (exact) mass is 253 g/mol. The van der Waals surface area contributed by atoms with Gasteiger partial charge in [-0.2, -0.15) is 13.2 Å². The normalized spacial score (nSPS) is 13.3. The molecule has 88 valence electrons. The van der Waals surface area contributed by atoms with Crippen molar-refractivity contribution in [3.05, 3.63) is 34.2 Å². The Balaban J connectivity index is 3.43. The first-order valence-electron chi connectivity index (χ1n) is 4.12. The van der Waals surface area contributed by atoms with Crippen molar-refractivity contribution < 1.29 is 17.9 Å². The summed E-state index contributed by atoms with van der Waals surface area (Å²) in [6, 6.07) is 3.27. The molecule has 0 N–H and O–H groups in total. The third kappa shape index (κ3) is 2.44. The third-order valence-electron chi connectivity index (χ3n) is 1.92. The minimum atomic E-state index is -4.61. The number of hydrogen-bond donors (Lipinski definition) is 0. The van der Waals surface area contributed by atoms with Crippen molar-refractivity contribution in [3.63, 3.8) is 0 Å². The summed E-state index contributed by atoms with van der Waals surface area (Å²) in [5.41, 5.74) is -3.12. The average molecular weight is 254 g/mol. The van der Waals surface area contributed by atoms with Crippen LogP contribution in [0.1, 0.15) is 16.6 Å². The zero-order valence-electron chi connectivity index (χ0n) is 8.08. The largest absolute Gasteiger partial charge is 0.496 e. The molecule has 16 heavy (non-hydrogen) atoms. The van der Waals surface area contributed by atoms with Gasteiger partial charge in [-0.15, -0.1) is 4.91 Å². The SMILES string of the molecule is COc1cccc(C(F)(F)F)c1C(Cl)N=O. The maximum atomic E-state index is 12.6. The summed E-state index contributed by atoms with van der Waals surface area (Å²) in [6.45, 7) is 0. The first-order valence-corrected chi connectivity index (χ1v) is 4.56. The molecule has 7 heteroatoms. The van der Waals surface area contributed by atoms with E-state index in [0.717, 1.165) is 6.07 Å². The van der Waals surface area contributed by atoms with Gasteiger partial charge in [0.1, 0.15) is 5.75 Å². The van der Waals surface area contributed by atoms with Gasteiger partial charge in [-0.25, -0.2) is 0 Å². The van der Waals surface area contributed by atoms with Crippen molar-refractivity contribution in [1.82, 2.24) is 0 Å². The highest BCUT2D eigenvalue weighted by atomic mass is 35.5. The van der Waals surface area contributed by atoms with E-state index in [4.69, 9.17) is 16.3 Å². The van der Waals surface area contributed by atoms with Crippen LogP contribution in [-0.2, 0) is 6.18 Å². The van der Waals surface area contributed by atoms with Crippen LogP contribution in [0.15, 0.2) is 23.4 Å². The summed E-state index contributed by atoms with van der Waals surface area (Å²) in [6.07, 6.45) is -4.61. The van der Waals surface area contributed by atoms with Crippen LogP contribution >= 0.6 is 11.6 Å². The lowest BCUT2D eigenvalue weighted by Crippen LogP contribution is -2.10. The lowest BCUT2D eigenvalue weighted by Gasteiger charge is -2.16. The second kappa shape index (κ2) is 4.69. The maximum Gasteiger partial charge on any atom is 0.416 e. The average Bonchev–Trinajstić information content (AvgIpc) is 2.25. The summed E-state index contributed by atoms with van der Waals surface area (Å²) in [4.78, 5) is 10.2. The number of ether oxygens (including phenoxy) is 1. The molecule has 3 nitrogen and oxygen atoms in total. The van der Waals surface area contributed by atoms with E-state index in [-0.39, 0.29) is 5.75 Å². The molecule has 1 unspecified atom stereocenters. The van der Waals surface area contributed by atoms with E-state index in [1.54, 1.807) is 0 Å². The summed E-state index contributed by atoms with van der Waals surface area (Å²) in [5.74, 6) is -0.116. The number of rotatable bonds is 3. The highest BCUT2D eigenvalue weighted by Crippen LogP contribution is 2.41. The van der Waals surface area contributed by atoms with Crippen LogP contribution in [0, 0.1) is 4.91 Å².